The molecule has 11 heteroatoms. The van der Waals surface area contributed by atoms with Gasteiger partial charge in [0, 0.05) is 30.4 Å². The van der Waals surface area contributed by atoms with Gasteiger partial charge in [-0.15, -0.1) is 6.58 Å². The highest BCUT2D eigenvalue weighted by Crippen LogP contribution is 2.25. The average Bonchev–Trinajstić information content (AvgIpc) is 3.36. The molecule has 0 amide bonds. The monoisotopic (exact) mass is 511 g/mol. The molecule has 1 saturated heterocycles. The van der Waals surface area contributed by atoms with E-state index in [-0.39, 0.29) is 18.2 Å². The highest BCUT2D eigenvalue weighted by Gasteiger charge is 2.20. The maximum atomic E-state index is 13.3. The Bertz CT molecular complexity index is 1710. The number of fused-ring (bicyclic) bond motifs is 2. The van der Waals surface area contributed by atoms with Crippen molar-refractivity contribution in [2.24, 2.45) is 7.05 Å². The summed E-state index contributed by atoms with van der Waals surface area (Å²) in [6.07, 6.45) is 5.17. The molecule has 4 aromatic heterocycles. The van der Waals surface area contributed by atoms with Crippen LogP contribution in [-0.2, 0) is 13.6 Å². The summed E-state index contributed by atoms with van der Waals surface area (Å²) in [5.41, 5.74) is 3.03. The first kappa shape index (κ1) is 23.9. The second kappa shape index (κ2) is 9.75. The molecule has 5 heterocycles. The van der Waals surface area contributed by atoms with Crippen LogP contribution in [0, 0.1) is 6.92 Å². The standard InChI is InChI=1S/C27H29N9O2/c1-4-14-35-26(37)21-16-29-27(30-18-8-9-22-20(15-18)17(2)33-34(22)3)32-25(21)36(35)23-6-5-7-24(31-23)38-19-10-12-28-13-11-19/h4-9,15-16,19,28H,1,10-14H2,2-3H3,(H,29,30,32). The number of allylic oxidation sites excluding steroid dienone is 1. The van der Waals surface area contributed by atoms with Crippen molar-refractivity contribution >= 4 is 33.6 Å². The van der Waals surface area contributed by atoms with Gasteiger partial charge in [0.05, 0.1) is 17.8 Å². The van der Waals surface area contributed by atoms with Gasteiger partial charge in [-0.05, 0) is 57.1 Å². The number of rotatable bonds is 7. The summed E-state index contributed by atoms with van der Waals surface area (Å²) in [5.74, 6) is 1.41. The van der Waals surface area contributed by atoms with E-state index >= 15 is 0 Å². The normalized spacial score (nSPS) is 14.3. The number of ether oxygens (including phenoxy) is 1. The first-order chi connectivity index (χ1) is 18.5. The van der Waals surface area contributed by atoms with E-state index in [9.17, 15) is 4.79 Å². The highest BCUT2D eigenvalue weighted by molar-refractivity contribution is 5.86. The number of benzene rings is 1. The molecule has 6 rings (SSSR count). The van der Waals surface area contributed by atoms with E-state index in [2.05, 4.69) is 27.3 Å². The molecule has 5 aromatic rings. The number of anilines is 2. The SMILES string of the molecule is C=CCn1c(=O)c2cnc(Nc3ccc4c(c3)c(C)nn4C)nc2n1-c1cccc(OC2CCNCC2)n1. The van der Waals surface area contributed by atoms with Crippen LogP contribution in [0.25, 0.3) is 27.8 Å². The molecule has 0 atom stereocenters. The lowest BCUT2D eigenvalue weighted by Gasteiger charge is -2.23. The average molecular weight is 512 g/mol. The number of aryl methyl sites for hydroxylation is 2. The van der Waals surface area contributed by atoms with Crippen LogP contribution in [0.1, 0.15) is 18.5 Å². The fourth-order valence-electron chi connectivity index (χ4n) is 4.93. The Morgan fingerprint density at radius 2 is 2.03 bits per heavy atom. The van der Waals surface area contributed by atoms with Crippen molar-refractivity contribution in [2.75, 3.05) is 18.4 Å². The Labute approximate surface area is 218 Å². The zero-order valence-electron chi connectivity index (χ0n) is 21.4. The molecule has 194 valence electrons. The lowest BCUT2D eigenvalue weighted by atomic mass is 10.1. The van der Waals surface area contributed by atoms with Crippen molar-refractivity contribution < 1.29 is 4.74 Å². The van der Waals surface area contributed by atoms with Crippen LogP contribution in [0.3, 0.4) is 0 Å². The molecule has 0 radical (unpaired) electrons. The maximum Gasteiger partial charge on any atom is 0.278 e. The molecule has 1 aliphatic heterocycles. The zero-order chi connectivity index (χ0) is 26.2. The van der Waals surface area contributed by atoms with Crippen LogP contribution >= 0.6 is 0 Å². The van der Waals surface area contributed by atoms with Gasteiger partial charge in [-0.3, -0.25) is 9.48 Å². The Kier molecular flexibility index (Phi) is 6.12. The van der Waals surface area contributed by atoms with Crippen LogP contribution < -0.4 is 20.9 Å². The van der Waals surface area contributed by atoms with E-state index < -0.39 is 0 Å². The summed E-state index contributed by atoms with van der Waals surface area (Å²) < 4.78 is 11.3. The Balaban J connectivity index is 1.40. The van der Waals surface area contributed by atoms with Crippen molar-refractivity contribution in [3.05, 3.63) is 71.3 Å². The summed E-state index contributed by atoms with van der Waals surface area (Å²) in [6, 6.07) is 11.5. The molecule has 0 bridgehead atoms. The van der Waals surface area contributed by atoms with E-state index in [0.29, 0.717) is 28.7 Å². The number of nitrogens with zero attached hydrogens (tertiary/aromatic N) is 7. The summed E-state index contributed by atoms with van der Waals surface area (Å²) >= 11 is 0. The van der Waals surface area contributed by atoms with E-state index in [0.717, 1.165) is 48.2 Å². The van der Waals surface area contributed by atoms with Crippen LogP contribution in [0.5, 0.6) is 5.88 Å². The minimum atomic E-state index is -0.217. The summed E-state index contributed by atoms with van der Waals surface area (Å²) in [6.45, 7) is 7.93. The Morgan fingerprint density at radius 3 is 2.84 bits per heavy atom. The van der Waals surface area contributed by atoms with E-state index in [1.165, 1.54) is 0 Å². The second-order valence-corrected chi connectivity index (χ2v) is 9.39. The van der Waals surface area contributed by atoms with Gasteiger partial charge in [0.2, 0.25) is 11.8 Å². The second-order valence-electron chi connectivity index (χ2n) is 9.39. The summed E-state index contributed by atoms with van der Waals surface area (Å²) in [5, 5.41) is 12.5. The number of nitrogens with one attached hydrogen (secondary N) is 2. The quantitative estimate of drug-likeness (QED) is 0.320. The van der Waals surface area contributed by atoms with Crippen LogP contribution in [-0.4, -0.2) is 53.3 Å². The van der Waals surface area contributed by atoms with Gasteiger partial charge in [-0.25, -0.2) is 14.3 Å². The Morgan fingerprint density at radius 1 is 1.18 bits per heavy atom. The van der Waals surface area contributed by atoms with Crippen LogP contribution in [0.15, 0.2) is 60.0 Å². The minimum absolute atomic E-state index is 0.106. The third-order valence-electron chi connectivity index (χ3n) is 6.77. The molecule has 1 aromatic carbocycles. The first-order valence-electron chi connectivity index (χ1n) is 12.7. The van der Waals surface area contributed by atoms with Crippen molar-refractivity contribution in [3.63, 3.8) is 0 Å². The molecule has 0 aliphatic carbocycles. The van der Waals surface area contributed by atoms with Gasteiger partial charge < -0.3 is 15.4 Å². The molecule has 0 spiro atoms. The molecule has 38 heavy (non-hydrogen) atoms. The third kappa shape index (κ3) is 4.30. The summed E-state index contributed by atoms with van der Waals surface area (Å²) in [7, 11) is 1.92. The van der Waals surface area contributed by atoms with Crippen molar-refractivity contribution in [3.8, 4) is 11.7 Å². The molecule has 0 unspecified atom stereocenters. The predicted molar refractivity (Wildman–Crippen MR) is 146 cm³/mol. The van der Waals surface area contributed by atoms with E-state index in [1.54, 1.807) is 21.6 Å². The van der Waals surface area contributed by atoms with Crippen LogP contribution in [0.4, 0.5) is 11.6 Å². The molecule has 11 nitrogen and oxygen atoms in total. The lowest BCUT2D eigenvalue weighted by molar-refractivity contribution is 0.156. The fraction of sp³-hybridized carbons (Fsp3) is 0.296. The Hall–Kier alpha value is -4.51. The van der Waals surface area contributed by atoms with Gasteiger partial charge >= 0.3 is 0 Å². The van der Waals surface area contributed by atoms with E-state index in [4.69, 9.17) is 14.7 Å². The molecule has 1 aliphatic rings. The zero-order valence-corrected chi connectivity index (χ0v) is 21.4. The largest absolute Gasteiger partial charge is 0.474 e. The fourth-order valence-corrected chi connectivity index (χ4v) is 4.93. The molecule has 1 fully saturated rings. The predicted octanol–water partition coefficient (Wildman–Crippen LogP) is 3.23. The minimum Gasteiger partial charge on any atom is -0.474 e. The molecule has 0 saturated carbocycles. The van der Waals surface area contributed by atoms with Crippen LogP contribution in [0.2, 0.25) is 0 Å². The van der Waals surface area contributed by atoms with Gasteiger partial charge in [0.25, 0.3) is 5.56 Å². The number of aromatic nitrogens is 7. The number of piperidine rings is 1. The van der Waals surface area contributed by atoms with Gasteiger partial charge in [-0.1, -0.05) is 12.1 Å². The first-order valence-corrected chi connectivity index (χ1v) is 12.7. The smallest absolute Gasteiger partial charge is 0.278 e. The number of pyridine rings is 1. The van der Waals surface area contributed by atoms with Gasteiger partial charge in [-0.2, -0.15) is 15.1 Å². The van der Waals surface area contributed by atoms with Gasteiger partial charge in [0.1, 0.15) is 11.5 Å². The molecular formula is C27H29N9O2. The number of hydrogen-bond donors (Lipinski definition) is 2. The third-order valence-corrected chi connectivity index (χ3v) is 6.77. The van der Waals surface area contributed by atoms with Crippen molar-refractivity contribution in [1.29, 1.82) is 0 Å². The van der Waals surface area contributed by atoms with E-state index in [1.807, 2.05) is 55.1 Å². The molecular weight excluding hydrogens is 482 g/mol. The van der Waals surface area contributed by atoms with Crippen molar-refractivity contribution in [1.82, 2.24) is 39.4 Å². The highest BCUT2D eigenvalue weighted by atomic mass is 16.5. The maximum absolute atomic E-state index is 13.3. The molecule has 2 N–H and O–H groups in total. The topological polar surface area (TPSA) is 117 Å². The summed E-state index contributed by atoms with van der Waals surface area (Å²) in [4.78, 5) is 27.2. The van der Waals surface area contributed by atoms with Gasteiger partial charge in [0.15, 0.2) is 11.5 Å². The number of hydrogen-bond acceptors (Lipinski definition) is 8. The van der Waals surface area contributed by atoms with Crippen molar-refractivity contribution in [2.45, 2.75) is 32.4 Å². The lowest BCUT2D eigenvalue weighted by Crippen LogP contribution is -2.34.